The number of para-hydroxylation sites is 1. The fourth-order valence-corrected chi connectivity index (χ4v) is 3.13. The summed E-state index contributed by atoms with van der Waals surface area (Å²) in [5.41, 5.74) is 6.87. The van der Waals surface area contributed by atoms with Gasteiger partial charge in [-0.05, 0) is 18.1 Å². The molecule has 0 fully saturated rings. The molecule has 0 saturated carbocycles. The van der Waals surface area contributed by atoms with Crippen molar-refractivity contribution in [3.05, 3.63) is 36.0 Å². The molecule has 0 aliphatic carbocycles. The van der Waals surface area contributed by atoms with Crippen molar-refractivity contribution in [1.29, 1.82) is 0 Å². The van der Waals surface area contributed by atoms with Crippen molar-refractivity contribution in [3.63, 3.8) is 0 Å². The van der Waals surface area contributed by atoms with Crippen LogP contribution < -0.4 is 11.1 Å². The van der Waals surface area contributed by atoms with Crippen LogP contribution in [0.1, 0.15) is 31.2 Å². The molecule has 8 nitrogen and oxygen atoms in total. The second kappa shape index (κ2) is 12.6. The molecule has 1 aromatic heterocycles. The van der Waals surface area contributed by atoms with E-state index >= 15 is 0 Å². The molecule has 0 aliphatic rings. The molecule has 0 saturated heterocycles. The molecular weight excluding hydrogens is 500 g/mol. The Morgan fingerprint density at radius 1 is 0.944 bits per heavy atom. The highest BCUT2D eigenvalue weighted by Crippen LogP contribution is 2.21. The molecule has 0 spiro atoms. The van der Waals surface area contributed by atoms with E-state index < -0.39 is 74.8 Å². The third-order valence-corrected chi connectivity index (χ3v) is 4.96. The van der Waals surface area contributed by atoms with E-state index in [1.165, 1.54) is 0 Å². The molecule has 0 radical (unpaired) electrons. The Morgan fingerprint density at radius 3 is 2.14 bits per heavy atom. The van der Waals surface area contributed by atoms with E-state index in [1.807, 2.05) is 0 Å². The van der Waals surface area contributed by atoms with Gasteiger partial charge in [-0.1, -0.05) is 18.2 Å². The van der Waals surface area contributed by atoms with E-state index in [4.69, 9.17) is 10.5 Å². The van der Waals surface area contributed by atoms with Gasteiger partial charge in [0.25, 0.3) is 0 Å². The minimum absolute atomic E-state index is 0.105. The number of carbonyl (C=O) groups excluding carboxylic acids is 3. The van der Waals surface area contributed by atoms with Crippen molar-refractivity contribution in [2.45, 2.75) is 56.5 Å². The number of esters is 2. The van der Waals surface area contributed by atoms with Gasteiger partial charge in [-0.3, -0.25) is 9.59 Å². The standard InChI is InChI=1S/C22H25F6N3O5/c23-21(24,25)7-9-35-19(33)15(29)5-6-18(32)31-17(20(34)36-10-8-22(26,27)28)11-13-12-30-16-4-2-1-3-14(13)16/h1-4,12,15,17,30H,5-11,29H2,(H,31,32). The van der Waals surface area contributed by atoms with Gasteiger partial charge in [-0.25, -0.2) is 4.79 Å². The molecular formula is C22H25F6N3O5. The summed E-state index contributed by atoms with van der Waals surface area (Å²) in [7, 11) is 0. The van der Waals surface area contributed by atoms with Gasteiger partial charge in [0.15, 0.2) is 0 Å². The van der Waals surface area contributed by atoms with E-state index in [-0.39, 0.29) is 12.8 Å². The number of amides is 1. The topological polar surface area (TPSA) is 124 Å². The van der Waals surface area contributed by atoms with Crippen LogP contribution in [0.2, 0.25) is 0 Å². The zero-order valence-electron chi connectivity index (χ0n) is 18.9. The van der Waals surface area contributed by atoms with Gasteiger partial charge in [0.05, 0.1) is 19.4 Å². The lowest BCUT2D eigenvalue weighted by Crippen LogP contribution is -2.44. The van der Waals surface area contributed by atoms with E-state index in [2.05, 4.69) is 15.0 Å². The first-order valence-corrected chi connectivity index (χ1v) is 10.8. The molecule has 14 heteroatoms. The number of ether oxygens (including phenoxy) is 2. The van der Waals surface area contributed by atoms with Crippen LogP contribution in [0, 0.1) is 0 Å². The molecule has 36 heavy (non-hydrogen) atoms. The predicted molar refractivity (Wildman–Crippen MR) is 114 cm³/mol. The van der Waals surface area contributed by atoms with Gasteiger partial charge in [-0.2, -0.15) is 26.3 Å². The van der Waals surface area contributed by atoms with Crippen LogP contribution >= 0.6 is 0 Å². The third-order valence-electron chi connectivity index (χ3n) is 4.96. The second-order valence-electron chi connectivity index (χ2n) is 7.89. The Morgan fingerprint density at radius 2 is 1.53 bits per heavy atom. The first-order valence-electron chi connectivity index (χ1n) is 10.8. The summed E-state index contributed by atoms with van der Waals surface area (Å²) < 4.78 is 82.7. The molecule has 0 aliphatic heterocycles. The number of nitrogens with one attached hydrogen (secondary N) is 2. The summed E-state index contributed by atoms with van der Waals surface area (Å²) >= 11 is 0. The van der Waals surface area contributed by atoms with Crippen LogP contribution in [-0.4, -0.2) is 60.5 Å². The summed E-state index contributed by atoms with van der Waals surface area (Å²) in [6.07, 6.45) is -11.0. The third kappa shape index (κ3) is 10.1. The van der Waals surface area contributed by atoms with Crippen LogP contribution in [0.25, 0.3) is 10.9 Å². The summed E-state index contributed by atoms with van der Waals surface area (Å²) in [4.78, 5) is 39.5. The van der Waals surface area contributed by atoms with Gasteiger partial charge >= 0.3 is 24.3 Å². The van der Waals surface area contributed by atoms with Crippen molar-refractivity contribution in [1.82, 2.24) is 10.3 Å². The number of fused-ring (bicyclic) bond motifs is 1. The van der Waals surface area contributed by atoms with Gasteiger partial charge in [0, 0.05) is 29.9 Å². The van der Waals surface area contributed by atoms with E-state index in [9.17, 15) is 40.7 Å². The highest BCUT2D eigenvalue weighted by Gasteiger charge is 2.30. The highest BCUT2D eigenvalue weighted by molar-refractivity contribution is 5.87. The molecule has 2 unspecified atom stereocenters. The number of rotatable bonds is 12. The van der Waals surface area contributed by atoms with Crippen LogP contribution in [0.4, 0.5) is 26.3 Å². The maximum absolute atomic E-state index is 12.5. The first-order chi connectivity index (χ1) is 16.7. The Hall–Kier alpha value is -3.29. The zero-order chi connectivity index (χ0) is 26.9. The molecule has 2 aromatic rings. The molecule has 1 heterocycles. The van der Waals surface area contributed by atoms with Crippen molar-refractivity contribution >= 4 is 28.7 Å². The number of hydrogen-bond donors (Lipinski definition) is 3. The van der Waals surface area contributed by atoms with Crippen molar-refractivity contribution in [3.8, 4) is 0 Å². The maximum Gasteiger partial charge on any atom is 0.392 e. The monoisotopic (exact) mass is 525 g/mol. The molecule has 1 aromatic carbocycles. The first kappa shape index (κ1) is 28.9. The van der Waals surface area contributed by atoms with Crippen LogP contribution in [0.5, 0.6) is 0 Å². The number of H-pyrrole nitrogens is 1. The average molecular weight is 525 g/mol. The fraction of sp³-hybridized carbons (Fsp3) is 0.500. The average Bonchev–Trinajstić information content (AvgIpc) is 3.18. The van der Waals surface area contributed by atoms with E-state index in [1.54, 1.807) is 30.5 Å². The van der Waals surface area contributed by atoms with Crippen molar-refractivity contribution in [2.24, 2.45) is 5.73 Å². The molecule has 200 valence electrons. The number of aromatic nitrogens is 1. The highest BCUT2D eigenvalue weighted by atomic mass is 19.4. The van der Waals surface area contributed by atoms with Gasteiger partial charge < -0.3 is 25.5 Å². The number of carbonyl (C=O) groups is 3. The Labute approximate surface area is 201 Å². The lowest BCUT2D eigenvalue weighted by molar-refractivity contribution is -0.162. The number of halogens is 6. The summed E-state index contributed by atoms with van der Waals surface area (Å²) in [5.74, 6) is -2.99. The molecule has 4 N–H and O–H groups in total. The number of alkyl halides is 6. The fourth-order valence-electron chi connectivity index (χ4n) is 3.13. The predicted octanol–water partition coefficient (Wildman–Crippen LogP) is 3.29. The van der Waals surface area contributed by atoms with Gasteiger partial charge in [0.2, 0.25) is 5.91 Å². The number of benzene rings is 1. The molecule has 0 bridgehead atoms. The minimum atomic E-state index is -4.54. The van der Waals surface area contributed by atoms with E-state index in [0.29, 0.717) is 5.56 Å². The Bertz CT molecular complexity index is 1040. The molecule has 2 rings (SSSR count). The maximum atomic E-state index is 12.5. The van der Waals surface area contributed by atoms with Crippen molar-refractivity contribution in [2.75, 3.05) is 13.2 Å². The Balaban J connectivity index is 1.97. The lowest BCUT2D eigenvalue weighted by atomic mass is 10.0. The van der Waals surface area contributed by atoms with Crippen molar-refractivity contribution < 1.29 is 50.2 Å². The minimum Gasteiger partial charge on any atom is -0.464 e. The smallest absolute Gasteiger partial charge is 0.392 e. The van der Waals surface area contributed by atoms with E-state index in [0.717, 1.165) is 10.9 Å². The lowest BCUT2D eigenvalue weighted by Gasteiger charge is -2.18. The van der Waals surface area contributed by atoms with Gasteiger partial charge in [-0.15, -0.1) is 0 Å². The summed E-state index contributed by atoms with van der Waals surface area (Å²) in [5, 5.41) is 3.09. The number of nitrogens with two attached hydrogens (primary N) is 1. The largest absolute Gasteiger partial charge is 0.464 e. The molecule has 1 amide bonds. The van der Waals surface area contributed by atoms with Crippen LogP contribution in [0.3, 0.4) is 0 Å². The van der Waals surface area contributed by atoms with Crippen LogP contribution in [0.15, 0.2) is 30.5 Å². The number of aromatic amines is 1. The van der Waals surface area contributed by atoms with Crippen LogP contribution in [-0.2, 0) is 30.3 Å². The van der Waals surface area contributed by atoms with Gasteiger partial charge in [0.1, 0.15) is 18.7 Å². The number of hydrogen-bond acceptors (Lipinski definition) is 6. The quantitative estimate of drug-likeness (QED) is 0.289. The zero-order valence-corrected chi connectivity index (χ0v) is 18.9. The summed E-state index contributed by atoms with van der Waals surface area (Å²) in [6.45, 7) is -1.85. The molecule has 2 atom stereocenters. The normalized spacial score (nSPS) is 13.8. The SMILES string of the molecule is NC(CCC(=O)NC(Cc1c[nH]c2ccccc12)C(=O)OCCC(F)(F)F)C(=O)OCCC(F)(F)F. The summed E-state index contributed by atoms with van der Waals surface area (Å²) in [6, 6.07) is 4.28. The second-order valence-corrected chi connectivity index (χ2v) is 7.89. The Kier molecular flexibility index (Phi) is 10.1.